The molecule has 1 amide bonds. The molecule has 0 atom stereocenters. The van der Waals surface area contributed by atoms with Crippen LogP contribution in [0, 0.1) is 6.92 Å². The monoisotopic (exact) mass is 289 g/mol. The number of amides is 1. The van der Waals surface area contributed by atoms with Gasteiger partial charge in [0.1, 0.15) is 0 Å². The number of hydrogen-bond acceptors (Lipinski definition) is 3. The molecule has 0 N–H and O–H groups in total. The van der Waals surface area contributed by atoms with Gasteiger partial charge in [-0.15, -0.1) is 0 Å². The van der Waals surface area contributed by atoms with E-state index in [0.29, 0.717) is 5.69 Å². The lowest BCUT2D eigenvalue weighted by atomic mass is 10.2. The summed E-state index contributed by atoms with van der Waals surface area (Å²) < 4.78 is 25.9. The van der Waals surface area contributed by atoms with E-state index in [9.17, 15) is 13.2 Å². The molecular formula is C15H15NO3S. The maximum atomic E-state index is 12.6. The predicted molar refractivity (Wildman–Crippen MR) is 78.0 cm³/mol. The van der Waals surface area contributed by atoms with Crippen LogP contribution >= 0.6 is 0 Å². The van der Waals surface area contributed by atoms with Crippen LogP contribution < -0.4 is 4.31 Å². The molecule has 104 valence electrons. The smallest absolute Gasteiger partial charge is 0.270 e. The summed E-state index contributed by atoms with van der Waals surface area (Å²) in [6, 6.07) is 14.7. The Bertz CT molecular complexity index is 707. The lowest BCUT2D eigenvalue weighted by Crippen LogP contribution is -2.35. The van der Waals surface area contributed by atoms with Crippen molar-refractivity contribution in [3.8, 4) is 0 Å². The van der Waals surface area contributed by atoms with Gasteiger partial charge in [0.2, 0.25) is 5.91 Å². The molecule has 4 nitrogen and oxygen atoms in total. The fourth-order valence-electron chi connectivity index (χ4n) is 1.87. The van der Waals surface area contributed by atoms with Crippen molar-refractivity contribution in [3.05, 3.63) is 60.2 Å². The molecule has 5 heteroatoms. The third-order valence-corrected chi connectivity index (χ3v) is 4.65. The third-order valence-electron chi connectivity index (χ3n) is 2.84. The second kappa shape index (κ2) is 5.46. The van der Waals surface area contributed by atoms with E-state index in [4.69, 9.17) is 0 Å². The second-order valence-corrected chi connectivity index (χ2v) is 6.22. The number of benzene rings is 2. The molecule has 0 saturated heterocycles. The number of nitrogens with zero attached hydrogens (tertiary/aromatic N) is 1. The SMILES string of the molecule is CC(=O)N(c1ccc(C)cc1)S(=O)(=O)c1ccccc1. The van der Waals surface area contributed by atoms with Crippen LogP contribution in [0.2, 0.25) is 0 Å². The second-order valence-electron chi connectivity index (χ2n) is 4.44. The number of carbonyl (C=O) groups is 1. The third kappa shape index (κ3) is 2.72. The van der Waals surface area contributed by atoms with Gasteiger partial charge in [0.05, 0.1) is 10.6 Å². The molecule has 2 aromatic rings. The first kappa shape index (κ1) is 14.3. The first-order valence-corrected chi connectivity index (χ1v) is 7.54. The minimum atomic E-state index is -3.88. The van der Waals surface area contributed by atoms with E-state index in [2.05, 4.69) is 0 Å². The lowest BCUT2D eigenvalue weighted by Gasteiger charge is -2.21. The van der Waals surface area contributed by atoms with Crippen LogP contribution in [-0.4, -0.2) is 14.3 Å². The number of aryl methyl sites for hydroxylation is 1. The van der Waals surface area contributed by atoms with Crippen LogP contribution in [0.15, 0.2) is 59.5 Å². The van der Waals surface area contributed by atoms with Gasteiger partial charge in [-0.25, -0.2) is 12.7 Å². The zero-order valence-electron chi connectivity index (χ0n) is 11.3. The van der Waals surface area contributed by atoms with Gasteiger partial charge in [0.15, 0.2) is 0 Å². The molecule has 20 heavy (non-hydrogen) atoms. The maximum absolute atomic E-state index is 12.6. The molecule has 0 bridgehead atoms. The number of carbonyl (C=O) groups excluding carboxylic acids is 1. The van der Waals surface area contributed by atoms with Crippen LogP contribution in [-0.2, 0) is 14.8 Å². The van der Waals surface area contributed by atoms with Gasteiger partial charge in [0.25, 0.3) is 10.0 Å². The van der Waals surface area contributed by atoms with Crippen LogP contribution in [0.25, 0.3) is 0 Å². The highest BCUT2D eigenvalue weighted by atomic mass is 32.2. The Morgan fingerprint density at radius 1 is 0.950 bits per heavy atom. The van der Waals surface area contributed by atoms with Crippen molar-refractivity contribution in [2.24, 2.45) is 0 Å². The van der Waals surface area contributed by atoms with E-state index < -0.39 is 15.9 Å². The Labute approximate surface area is 118 Å². The molecule has 2 rings (SSSR count). The largest absolute Gasteiger partial charge is 0.274 e. The summed E-state index contributed by atoms with van der Waals surface area (Å²) in [5.41, 5.74) is 1.33. The molecule has 0 radical (unpaired) electrons. The molecule has 0 saturated carbocycles. The summed E-state index contributed by atoms with van der Waals surface area (Å²) in [6.45, 7) is 3.13. The van der Waals surface area contributed by atoms with Gasteiger partial charge in [0, 0.05) is 6.92 Å². The number of rotatable bonds is 3. The highest BCUT2D eigenvalue weighted by Gasteiger charge is 2.28. The molecule has 0 aliphatic carbocycles. The molecule has 2 aromatic carbocycles. The van der Waals surface area contributed by atoms with Gasteiger partial charge < -0.3 is 0 Å². The van der Waals surface area contributed by atoms with Gasteiger partial charge in [-0.1, -0.05) is 35.9 Å². The quantitative estimate of drug-likeness (QED) is 0.873. The molecule has 0 aliphatic heterocycles. The number of anilines is 1. The minimum Gasteiger partial charge on any atom is -0.274 e. The Hall–Kier alpha value is -2.14. The fourth-order valence-corrected chi connectivity index (χ4v) is 3.32. The van der Waals surface area contributed by atoms with Gasteiger partial charge in [-0.05, 0) is 31.2 Å². The molecule has 0 aliphatic rings. The topological polar surface area (TPSA) is 54.5 Å². The van der Waals surface area contributed by atoms with E-state index in [1.165, 1.54) is 19.1 Å². The molecule has 0 aromatic heterocycles. The van der Waals surface area contributed by atoms with Crippen molar-refractivity contribution in [3.63, 3.8) is 0 Å². The van der Waals surface area contributed by atoms with Crippen molar-refractivity contribution < 1.29 is 13.2 Å². The standard InChI is InChI=1S/C15H15NO3S/c1-12-8-10-14(11-9-12)16(13(2)17)20(18,19)15-6-4-3-5-7-15/h3-11H,1-2H3. The van der Waals surface area contributed by atoms with Crippen molar-refractivity contribution in [2.75, 3.05) is 4.31 Å². The Balaban J connectivity index is 2.54. The minimum absolute atomic E-state index is 0.0933. The van der Waals surface area contributed by atoms with Crippen LogP contribution in [0.3, 0.4) is 0 Å². The normalized spacial score (nSPS) is 11.1. The van der Waals surface area contributed by atoms with Gasteiger partial charge >= 0.3 is 0 Å². The van der Waals surface area contributed by atoms with Crippen molar-refractivity contribution in [2.45, 2.75) is 18.7 Å². The number of sulfonamides is 1. The average Bonchev–Trinajstić information content (AvgIpc) is 2.41. The van der Waals surface area contributed by atoms with Crippen LogP contribution in [0.1, 0.15) is 12.5 Å². The van der Waals surface area contributed by atoms with Crippen molar-refractivity contribution in [1.82, 2.24) is 0 Å². The Morgan fingerprint density at radius 2 is 1.50 bits per heavy atom. The molecule has 0 spiro atoms. The van der Waals surface area contributed by atoms with Crippen molar-refractivity contribution >= 4 is 21.6 Å². The van der Waals surface area contributed by atoms with E-state index >= 15 is 0 Å². The molecule has 0 fully saturated rings. The molecule has 0 unspecified atom stereocenters. The van der Waals surface area contributed by atoms with E-state index in [-0.39, 0.29) is 4.90 Å². The zero-order valence-corrected chi connectivity index (χ0v) is 12.1. The zero-order chi connectivity index (χ0) is 14.8. The molecule has 0 heterocycles. The van der Waals surface area contributed by atoms with Gasteiger partial charge in [-0.3, -0.25) is 4.79 Å². The van der Waals surface area contributed by atoms with Crippen LogP contribution in [0.5, 0.6) is 0 Å². The van der Waals surface area contributed by atoms with E-state index in [0.717, 1.165) is 9.87 Å². The first-order chi connectivity index (χ1) is 9.43. The average molecular weight is 289 g/mol. The fraction of sp³-hybridized carbons (Fsp3) is 0.133. The molecular weight excluding hydrogens is 274 g/mol. The first-order valence-electron chi connectivity index (χ1n) is 6.10. The maximum Gasteiger partial charge on any atom is 0.270 e. The summed E-state index contributed by atoms with van der Waals surface area (Å²) in [7, 11) is -3.88. The van der Waals surface area contributed by atoms with Gasteiger partial charge in [-0.2, -0.15) is 0 Å². The summed E-state index contributed by atoms with van der Waals surface area (Å²) in [6.07, 6.45) is 0. The highest BCUT2D eigenvalue weighted by molar-refractivity contribution is 7.93. The van der Waals surface area contributed by atoms with E-state index in [1.54, 1.807) is 42.5 Å². The number of hydrogen-bond donors (Lipinski definition) is 0. The summed E-state index contributed by atoms with van der Waals surface area (Å²) in [5.74, 6) is -0.544. The van der Waals surface area contributed by atoms with Crippen LogP contribution in [0.4, 0.5) is 5.69 Å². The summed E-state index contributed by atoms with van der Waals surface area (Å²) in [4.78, 5) is 11.9. The Kier molecular flexibility index (Phi) is 3.90. The predicted octanol–water partition coefficient (Wildman–Crippen LogP) is 2.74. The summed E-state index contributed by atoms with van der Waals surface area (Å²) in [5, 5.41) is 0. The van der Waals surface area contributed by atoms with Crippen molar-refractivity contribution in [1.29, 1.82) is 0 Å². The van der Waals surface area contributed by atoms with E-state index in [1.807, 2.05) is 6.92 Å². The Morgan fingerprint density at radius 3 is 2.00 bits per heavy atom. The highest BCUT2D eigenvalue weighted by Crippen LogP contribution is 2.24. The lowest BCUT2D eigenvalue weighted by molar-refractivity contribution is -0.115. The summed E-state index contributed by atoms with van der Waals surface area (Å²) >= 11 is 0.